The Kier molecular flexibility index (Phi) is 3.13. The van der Waals surface area contributed by atoms with Crippen LogP contribution in [-0.2, 0) is 0 Å². The third-order valence-electron chi connectivity index (χ3n) is 3.41. The molecule has 1 saturated heterocycles. The van der Waals surface area contributed by atoms with Crippen LogP contribution in [0, 0.1) is 0 Å². The lowest BCUT2D eigenvalue weighted by atomic mass is 10.1. The molecule has 1 aliphatic heterocycles. The Labute approximate surface area is 110 Å². The van der Waals surface area contributed by atoms with E-state index in [-0.39, 0.29) is 5.91 Å². The molecule has 0 unspecified atom stereocenters. The van der Waals surface area contributed by atoms with E-state index in [0.717, 1.165) is 12.8 Å². The lowest BCUT2D eigenvalue weighted by Crippen LogP contribution is -2.42. The second kappa shape index (κ2) is 4.93. The van der Waals surface area contributed by atoms with Gasteiger partial charge in [0.15, 0.2) is 0 Å². The number of para-hydroxylation sites is 1. The number of hydrogen-bond donors (Lipinski definition) is 1. The number of carbonyl (C=O) groups excluding carboxylic acids is 1. The van der Waals surface area contributed by atoms with Crippen molar-refractivity contribution in [1.29, 1.82) is 0 Å². The molecule has 98 valence electrons. The molecule has 1 N–H and O–H groups in total. The van der Waals surface area contributed by atoms with E-state index in [1.54, 1.807) is 23.4 Å². The molecule has 2 heterocycles. The van der Waals surface area contributed by atoms with E-state index in [2.05, 4.69) is 9.97 Å². The van der Waals surface area contributed by atoms with Crippen LogP contribution in [0.5, 0.6) is 0 Å². The Morgan fingerprint density at radius 2 is 2.16 bits per heavy atom. The molecule has 1 fully saturated rings. The fourth-order valence-corrected chi connectivity index (χ4v) is 2.47. The number of likely N-dealkylation sites (tertiary alicyclic amines) is 1. The number of benzene rings is 1. The molecule has 1 amide bonds. The quantitative estimate of drug-likeness (QED) is 0.834. The third-order valence-corrected chi connectivity index (χ3v) is 3.41. The molecule has 5 heteroatoms. The topological polar surface area (TPSA) is 66.3 Å². The van der Waals surface area contributed by atoms with Gasteiger partial charge in [-0.05, 0) is 25.0 Å². The Balaban J connectivity index is 1.97. The number of aromatic nitrogens is 2. The minimum Gasteiger partial charge on any atom is -0.391 e. The monoisotopic (exact) mass is 257 g/mol. The predicted molar refractivity (Wildman–Crippen MR) is 70.7 cm³/mol. The van der Waals surface area contributed by atoms with Crippen molar-refractivity contribution in [1.82, 2.24) is 14.9 Å². The van der Waals surface area contributed by atoms with E-state index in [9.17, 15) is 9.90 Å². The molecule has 1 aliphatic rings. The van der Waals surface area contributed by atoms with Gasteiger partial charge >= 0.3 is 0 Å². The first kappa shape index (κ1) is 12.0. The maximum Gasteiger partial charge on any atom is 0.256 e. The molecular formula is C14H15N3O2. The molecule has 1 aromatic heterocycles. The van der Waals surface area contributed by atoms with Gasteiger partial charge in [-0.25, -0.2) is 0 Å². The van der Waals surface area contributed by atoms with Gasteiger partial charge < -0.3 is 10.0 Å². The van der Waals surface area contributed by atoms with Crippen molar-refractivity contribution in [3.05, 3.63) is 36.2 Å². The summed E-state index contributed by atoms with van der Waals surface area (Å²) in [6.45, 7) is 1.09. The number of carbonyl (C=O) groups is 1. The molecule has 5 nitrogen and oxygen atoms in total. The normalized spacial score (nSPS) is 19.6. The van der Waals surface area contributed by atoms with E-state index < -0.39 is 6.10 Å². The first-order valence-corrected chi connectivity index (χ1v) is 6.43. The van der Waals surface area contributed by atoms with Gasteiger partial charge in [0.25, 0.3) is 5.91 Å². The number of rotatable bonds is 1. The first-order chi connectivity index (χ1) is 9.25. The van der Waals surface area contributed by atoms with Crippen LogP contribution in [0.25, 0.3) is 11.0 Å². The second-order valence-electron chi connectivity index (χ2n) is 4.78. The van der Waals surface area contributed by atoms with Crippen LogP contribution in [0.3, 0.4) is 0 Å². The highest BCUT2D eigenvalue weighted by Gasteiger charge is 2.24. The smallest absolute Gasteiger partial charge is 0.256 e. The maximum atomic E-state index is 12.5. The molecule has 2 aromatic rings. The minimum atomic E-state index is -0.418. The number of β-amino-alcohol motifs (C(OH)–C–C–N with tert-alkyl or cyclic N) is 1. The highest BCUT2D eigenvalue weighted by molar-refractivity contribution is 6.04. The van der Waals surface area contributed by atoms with E-state index in [0.29, 0.717) is 29.7 Å². The number of aliphatic hydroxyl groups excluding tert-OH is 1. The van der Waals surface area contributed by atoms with Gasteiger partial charge in [-0.3, -0.25) is 14.8 Å². The molecule has 3 rings (SSSR count). The van der Waals surface area contributed by atoms with Crippen LogP contribution in [0.2, 0.25) is 0 Å². The molecule has 1 atom stereocenters. The summed E-state index contributed by atoms with van der Waals surface area (Å²) in [5.41, 5.74) is 1.89. The van der Waals surface area contributed by atoms with E-state index in [4.69, 9.17) is 0 Å². The molecule has 0 spiro atoms. The van der Waals surface area contributed by atoms with Gasteiger partial charge in [-0.2, -0.15) is 0 Å². The molecule has 0 saturated carbocycles. The minimum absolute atomic E-state index is 0.0788. The van der Waals surface area contributed by atoms with Crippen LogP contribution in [0.4, 0.5) is 0 Å². The lowest BCUT2D eigenvalue weighted by Gasteiger charge is -2.30. The highest BCUT2D eigenvalue weighted by Crippen LogP contribution is 2.18. The van der Waals surface area contributed by atoms with Gasteiger partial charge in [-0.1, -0.05) is 6.07 Å². The van der Waals surface area contributed by atoms with Crippen molar-refractivity contribution in [2.75, 3.05) is 13.1 Å². The molecule has 0 bridgehead atoms. The van der Waals surface area contributed by atoms with Crippen molar-refractivity contribution >= 4 is 16.9 Å². The summed E-state index contributed by atoms with van der Waals surface area (Å²) in [7, 11) is 0. The van der Waals surface area contributed by atoms with E-state index >= 15 is 0 Å². The average molecular weight is 257 g/mol. The number of aliphatic hydroxyl groups is 1. The van der Waals surface area contributed by atoms with Gasteiger partial charge in [0.05, 0.1) is 17.2 Å². The van der Waals surface area contributed by atoms with Crippen molar-refractivity contribution in [2.45, 2.75) is 18.9 Å². The zero-order valence-corrected chi connectivity index (χ0v) is 10.5. The molecule has 0 aliphatic carbocycles. The van der Waals surface area contributed by atoms with Crippen LogP contribution in [-0.4, -0.2) is 45.1 Å². The Bertz CT molecular complexity index is 609. The first-order valence-electron chi connectivity index (χ1n) is 6.43. The summed E-state index contributed by atoms with van der Waals surface area (Å²) in [5.74, 6) is -0.0788. The number of hydrogen-bond acceptors (Lipinski definition) is 4. The van der Waals surface area contributed by atoms with Gasteiger partial charge in [0.2, 0.25) is 0 Å². The lowest BCUT2D eigenvalue weighted by molar-refractivity contribution is 0.0475. The summed E-state index contributed by atoms with van der Waals surface area (Å²) in [4.78, 5) is 22.6. The number of amides is 1. The summed E-state index contributed by atoms with van der Waals surface area (Å²) in [5, 5.41) is 9.67. The zero-order valence-electron chi connectivity index (χ0n) is 10.5. The van der Waals surface area contributed by atoms with Crippen molar-refractivity contribution < 1.29 is 9.90 Å². The van der Waals surface area contributed by atoms with Gasteiger partial charge in [0, 0.05) is 25.5 Å². The van der Waals surface area contributed by atoms with E-state index in [1.165, 1.54) is 0 Å². The molecule has 1 aromatic carbocycles. The van der Waals surface area contributed by atoms with Crippen molar-refractivity contribution in [2.24, 2.45) is 0 Å². The summed E-state index contributed by atoms with van der Waals surface area (Å²) < 4.78 is 0. The van der Waals surface area contributed by atoms with Crippen molar-refractivity contribution in [3.63, 3.8) is 0 Å². The summed E-state index contributed by atoms with van der Waals surface area (Å²) in [6.07, 6.45) is 4.38. The standard InChI is InChI=1S/C14H15N3O2/c18-10-3-2-8-17(9-10)14(19)11-4-1-5-12-13(11)16-7-6-15-12/h1,4-7,10,18H,2-3,8-9H2/t10-/m0/s1. The second-order valence-corrected chi connectivity index (χ2v) is 4.78. The largest absolute Gasteiger partial charge is 0.391 e. The van der Waals surface area contributed by atoms with Crippen molar-refractivity contribution in [3.8, 4) is 0 Å². The Morgan fingerprint density at radius 3 is 3.00 bits per heavy atom. The number of fused-ring (bicyclic) bond motifs is 1. The number of nitrogens with zero attached hydrogens (tertiary/aromatic N) is 3. The van der Waals surface area contributed by atoms with Crippen LogP contribution in [0.15, 0.2) is 30.6 Å². The number of piperidine rings is 1. The molecule has 0 radical (unpaired) electrons. The third kappa shape index (κ3) is 2.29. The maximum absolute atomic E-state index is 12.5. The fourth-order valence-electron chi connectivity index (χ4n) is 2.47. The highest BCUT2D eigenvalue weighted by atomic mass is 16.3. The van der Waals surface area contributed by atoms with Crippen LogP contribution >= 0.6 is 0 Å². The Morgan fingerprint density at radius 1 is 1.32 bits per heavy atom. The SMILES string of the molecule is O=C(c1cccc2nccnc12)N1CCC[C@H](O)C1. The zero-order chi connectivity index (χ0) is 13.2. The van der Waals surface area contributed by atoms with E-state index in [1.807, 2.05) is 12.1 Å². The molecular weight excluding hydrogens is 242 g/mol. The van der Waals surface area contributed by atoms with Gasteiger partial charge in [0.1, 0.15) is 5.52 Å². The summed E-state index contributed by atoms with van der Waals surface area (Å²) in [6, 6.07) is 5.41. The predicted octanol–water partition coefficient (Wildman–Crippen LogP) is 1.23. The van der Waals surface area contributed by atoms with Gasteiger partial charge in [-0.15, -0.1) is 0 Å². The Hall–Kier alpha value is -2.01. The molecule has 19 heavy (non-hydrogen) atoms. The summed E-state index contributed by atoms with van der Waals surface area (Å²) >= 11 is 0. The average Bonchev–Trinajstić information content (AvgIpc) is 2.46. The van der Waals surface area contributed by atoms with Crippen LogP contribution < -0.4 is 0 Å². The fraction of sp³-hybridized carbons (Fsp3) is 0.357. The van der Waals surface area contributed by atoms with Crippen LogP contribution in [0.1, 0.15) is 23.2 Å².